The van der Waals surface area contributed by atoms with Crippen LogP contribution in [0.15, 0.2) is 5.16 Å². The summed E-state index contributed by atoms with van der Waals surface area (Å²) >= 11 is 1.08. The van der Waals surface area contributed by atoms with Crippen molar-refractivity contribution in [2.75, 3.05) is 19.5 Å². The van der Waals surface area contributed by atoms with Crippen LogP contribution in [0, 0.1) is 0 Å². The number of rotatable bonds is 8. The van der Waals surface area contributed by atoms with Gasteiger partial charge in [-0.15, -0.1) is 10.2 Å². The van der Waals surface area contributed by atoms with E-state index in [0.717, 1.165) is 18.2 Å². The molecule has 0 saturated heterocycles. The molecule has 18 heavy (non-hydrogen) atoms. The fourth-order valence-electron chi connectivity index (χ4n) is 1.57. The molecule has 1 heterocycles. The molecule has 2 N–H and O–H groups in total. The molecule has 0 amide bonds. The van der Waals surface area contributed by atoms with E-state index in [1.807, 2.05) is 6.92 Å². The third-order valence-electron chi connectivity index (χ3n) is 2.40. The SMILES string of the molecule is CCC(COC)n1c(CO)nnc1SCC(=O)O. The highest BCUT2D eigenvalue weighted by Gasteiger charge is 2.19. The largest absolute Gasteiger partial charge is 0.481 e. The van der Waals surface area contributed by atoms with Crippen LogP contribution in [-0.4, -0.2) is 50.4 Å². The maximum atomic E-state index is 10.6. The lowest BCUT2D eigenvalue weighted by atomic mass is 10.2. The molecular formula is C10H17N3O4S. The molecular weight excluding hydrogens is 258 g/mol. The Kier molecular flexibility index (Phi) is 6.10. The van der Waals surface area contributed by atoms with Crippen molar-refractivity contribution >= 4 is 17.7 Å². The van der Waals surface area contributed by atoms with Gasteiger partial charge in [-0.3, -0.25) is 9.36 Å². The Morgan fingerprint density at radius 2 is 2.28 bits per heavy atom. The minimum Gasteiger partial charge on any atom is -0.481 e. The van der Waals surface area contributed by atoms with Gasteiger partial charge in [-0.25, -0.2) is 0 Å². The van der Waals surface area contributed by atoms with Gasteiger partial charge in [0.1, 0.15) is 6.61 Å². The van der Waals surface area contributed by atoms with E-state index in [1.54, 1.807) is 11.7 Å². The molecule has 0 radical (unpaired) electrons. The monoisotopic (exact) mass is 275 g/mol. The lowest BCUT2D eigenvalue weighted by Gasteiger charge is -2.19. The average molecular weight is 275 g/mol. The zero-order chi connectivity index (χ0) is 13.5. The first-order valence-electron chi connectivity index (χ1n) is 5.52. The summed E-state index contributed by atoms with van der Waals surface area (Å²) in [7, 11) is 1.59. The van der Waals surface area contributed by atoms with E-state index < -0.39 is 5.97 Å². The van der Waals surface area contributed by atoms with Crippen LogP contribution in [0.5, 0.6) is 0 Å². The van der Waals surface area contributed by atoms with Gasteiger partial charge in [-0.05, 0) is 6.42 Å². The molecule has 0 aliphatic carbocycles. The Hall–Kier alpha value is -1.12. The van der Waals surface area contributed by atoms with Crippen LogP contribution in [0.4, 0.5) is 0 Å². The van der Waals surface area contributed by atoms with Gasteiger partial charge >= 0.3 is 5.97 Å². The smallest absolute Gasteiger partial charge is 0.313 e. The standard InChI is InChI=1S/C10H17N3O4S/c1-3-7(5-17-2)13-8(4-14)11-12-10(13)18-6-9(15)16/h7,14H,3-6H2,1-2H3,(H,15,16). The number of aliphatic hydroxyl groups is 1. The summed E-state index contributed by atoms with van der Waals surface area (Å²) in [5.41, 5.74) is 0. The number of methoxy groups -OCH3 is 1. The van der Waals surface area contributed by atoms with Crippen molar-refractivity contribution in [1.29, 1.82) is 0 Å². The number of hydrogen-bond acceptors (Lipinski definition) is 6. The fraction of sp³-hybridized carbons (Fsp3) is 0.700. The zero-order valence-corrected chi connectivity index (χ0v) is 11.2. The van der Waals surface area contributed by atoms with E-state index in [2.05, 4.69) is 10.2 Å². The number of nitrogens with zero attached hydrogens (tertiary/aromatic N) is 3. The molecule has 0 aromatic carbocycles. The summed E-state index contributed by atoms with van der Waals surface area (Å²) in [6, 6.07) is -0.0107. The Labute approximate surface area is 109 Å². The maximum Gasteiger partial charge on any atom is 0.313 e. The first-order valence-corrected chi connectivity index (χ1v) is 6.50. The molecule has 0 spiro atoms. The van der Waals surface area contributed by atoms with E-state index in [0.29, 0.717) is 17.6 Å². The van der Waals surface area contributed by atoms with Gasteiger partial charge in [-0.2, -0.15) is 0 Å². The number of carboxylic acid groups (broad SMARTS) is 1. The number of aromatic nitrogens is 3. The van der Waals surface area contributed by atoms with E-state index in [1.165, 1.54) is 0 Å². The Morgan fingerprint density at radius 1 is 1.56 bits per heavy atom. The summed E-state index contributed by atoms with van der Waals surface area (Å²) in [6.45, 7) is 2.21. The third kappa shape index (κ3) is 3.69. The molecule has 0 aliphatic heterocycles. The summed E-state index contributed by atoms with van der Waals surface area (Å²) < 4.78 is 6.86. The van der Waals surface area contributed by atoms with Gasteiger partial charge in [0.05, 0.1) is 18.4 Å². The number of aliphatic carboxylic acids is 1. The molecule has 0 fully saturated rings. The van der Waals surface area contributed by atoms with Crippen LogP contribution in [0.3, 0.4) is 0 Å². The molecule has 8 heteroatoms. The number of carbonyl (C=O) groups is 1. The minimum absolute atomic E-state index is 0.0107. The summed E-state index contributed by atoms with van der Waals surface area (Å²) in [5, 5.41) is 26.2. The topological polar surface area (TPSA) is 97.5 Å². The Bertz CT molecular complexity index is 396. The zero-order valence-electron chi connectivity index (χ0n) is 10.4. The predicted molar refractivity (Wildman–Crippen MR) is 65.5 cm³/mol. The highest BCUT2D eigenvalue weighted by molar-refractivity contribution is 7.99. The van der Waals surface area contributed by atoms with Gasteiger partial charge in [0.25, 0.3) is 0 Å². The molecule has 1 rings (SSSR count). The van der Waals surface area contributed by atoms with Gasteiger partial charge in [0.15, 0.2) is 11.0 Å². The number of carboxylic acids is 1. The van der Waals surface area contributed by atoms with Crippen molar-refractivity contribution in [2.45, 2.75) is 31.1 Å². The molecule has 0 aliphatic rings. The van der Waals surface area contributed by atoms with Crippen LogP contribution in [0.1, 0.15) is 25.2 Å². The summed E-state index contributed by atoms with van der Waals surface area (Å²) in [4.78, 5) is 10.6. The van der Waals surface area contributed by atoms with Gasteiger partial charge in [-0.1, -0.05) is 18.7 Å². The quantitative estimate of drug-likeness (QED) is 0.668. The normalized spacial score (nSPS) is 12.6. The summed E-state index contributed by atoms with van der Waals surface area (Å²) in [6.07, 6.45) is 0.777. The number of thioether (sulfide) groups is 1. The lowest BCUT2D eigenvalue weighted by Crippen LogP contribution is -2.18. The van der Waals surface area contributed by atoms with Crippen molar-refractivity contribution in [2.24, 2.45) is 0 Å². The molecule has 0 bridgehead atoms. The molecule has 1 aromatic heterocycles. The van der Waals surface area contributed by atoms with Crippen LogP contribution < -0.4 is 0 Å². The predicted octanol–water partition coefficient (Wildman–Crippen LogP) is 0.545. The van der Waals surface area contributed by atoms with Crippen molar-refractivity contribution < 1.29 is 19.7 Å². The van der Waals surface area contributed by atoms with Crippen LogP contribution in [0.2, 0.25) is 0 Å². The highest BCUT2D eigenvalue weighted by Crippen LogP contribution is 2.24. The van der Waals surface area contributed by atoms with Crippen LogP contribution in [-0.2, 0) is 16.1 Å². The molecule has 1 aromatic rings. The molecule has 7 nitrogen and oxygen atoms in total. The molecule has 1 unspecified atom stereocenters. The van der Waals surface area contributed by atoms with Crippen molar-refractivity contribution in [1.82, 2.24) is 14.8 Å². The van der Waals surface area contributed by atoms with Gasteiger partial charge in [0.2, 0.25) is 0 Å². The third-order valence-corrected chi connectivity index (χ3v) is 3.32. The molecule has 0 saturated carbocycles. The average Bonchev–Trinajstić information content (AvgIpc) is 2.76. The van der Waals surface area contributed by atoms with Gasteiger partial charge in [0, 0.05) is 7.11 Å². The first-order chi connectivity index (χ1) is 8.63. The van der Waals surface area contributed by atoms with E-state index in [-0.39, 0.29) is 18.4 Å². The van der Waals surface area contributed by atoms with E-state index in [4.69, 9.17) is 9.84 Å². The minimum atomic E-state index is -0.917. The Morgan fingerprint density at radius 3 is 2.78 bits per heavy atom. The lowest BCUT2D eigenvalue weighted by molar-refractivity contribution is -0.133. The van der Waals surface area contributed by atoms with Crippen molar-refractivity contribution in [3.05, 3.63) is 5.82 Å². The second-order valence-electron chi connectivity index (χ2n) is 3.63. The highest BCUT2D eigenvalue weighted by atomic mass is 32.2. The maximum absolute atomic E-state index is 10.6. The van der Waals surface area contributed by atoms with E-state index in [9.17, 15) is 9.90 Å². The van der Waals surface area contributed by atoms with Crippen molar-refractivity contribution in [3.63, 3.8) is 0 Å². The fourth-order valence-corrected chi connectivity index (χ4v) is 2.32. The second-order valence-corrected chi connectivity index (χ2v) is 4.57. The van der Waals surface area contributed by atoms with Gasteiger partial charge < -0.3 is 14.9 Å². The van der Waals surface area contributed by atoms with E-state index >= 15 is 0 Å². The molecule has 102 valence electrons. The molecule has 1 atom stereocenters. The van der Waals surface area contributed by atoms with Crippen LogP contribution >= 0.6 is 11.8 Å². The Balaban J connectivity index is 2.96. The number of ether oxygens (including phenoxy) is 1. The van der Waals surface area contributed by atoms with Crippen LogP contribution in [0.25, 0.3) is 0 Å². The summed E-state index contributed by atoms with van der Waals surface area (Å²) in [5.74, 6) is -0.584. The number of hydrogen-bond donors (Lipinski definition) is 2. The number of aliphatic hydroxyl groups excluding tert-OH is 1. The van der Waals surface area contributed by atoms with Crippen molar-refractivity contribution in [3.8, 4) is 0 Å². The second kappa shape index (κ2) is 7.34. The first kappa shape index (κ1) is 14.9.